The lowest BCUT2D eigenvalue weighted by atomic mass is 9.96. The lowest BCUT2D eigenvalue weighted by Crippen LogP contribution is -2.66. The summed E-state index contributed by atoms with van der Waals surface area (Å²) in [5.74, 6) is -1.37. The first-order valence-electron chi connectivity index (χ1n) is 7.47. The second-order valence-corrected chi connectivity index (χ2v) is 8.89. The molecule has 0 spiro atoms. The Labute approximate surface area is 146 Å². The van der Waals surface area contributed by atoms with Gasteiger partial charge in [0.15, 0.2) is 6.17 Å². The van der Waals surface area contributed by atoms with Crippen LogP contribution in [-0.4, -0.2) is 65.5 Å². The Morgan fingerprint density at radius 1 is 1.16 bits per heavy atom. The number of esters is 1. The van der Waals surface area contributed by atoms with Crippen LogP contribution in [0.4, 0.5) is 9.18 Å². The smallest absolute Gasteiger partial charge is 0.427 e. The summed E-state index contributed by atoms with van der Waals surface area (Å²) < 4.78 is 62.2. The highest BCUT2D eigenvalue weighted by Crippen LogP contribution is 2.35. The minimum atomic E-state index is -5.37. The maximum absolute atomic E-state index is 14.6. The molecular weight excluding hydrogens is 360 g/mol. The molecule has 1 saturated heterocycles. The van der Waals surface area contributed by atoms with Gasteiger partial charge >= 0.3 is 22.4 Å². The van der Waals surface area contributed by atoms with Gasteiger partial charge in [0, 0.05) is 0 Å². The fourth-order valence-electron chi connectivity index (χ4n) is 2.13. The molecule has 11 heteroatoms. The van der Waals surface area contributed by atoms with Gasteiger partial charge in [-0.2, -0.15) is 12.7 Å². The average Bonchev–Trinajstić information content (AvgIpc) is 2.65. The quantitative estimate of drug-likeness (QED) is 0.574. The molecule has 0 radical (unpaired) electrons. The van der Waals surface area contributed by atoms with Crippen LogP contribution in [0.25, 0.3) is 0 Å². The molecule has 2 unspecified atom stereocenters. The Morgan fingerprint density at radius 2 is 1.64 bits per heavy atom. The van der Waals surface area contributed by atoms with Crippen LogP contribution in [0.2, 0.25) is 0 Å². The van der Waals surface area contributed by atoms with Crippen LogP contribution in [0, 0.1) is 0 Å². The molecule has 1 aliphatic rings. The molecule has 1 N–H and O–H groups in total. The van der Waals surface area contributed by atoms with Gasteiger partial charge in [0.05, 0.1) is 13.2 Å². The number of halogens is 1. The second kappa shape index (κ2) is 6.69. The number of nitrogens with zero attached hydrogens (tertiary/aromatic N) is 1. The molecule has 0 saturated carbocycles. The van der Waals surface area contributed by atoms with E-state index in [1.165, 1.54) is 41.5 Å². The first kappa shape index (κ1) is 21.6. The molecule has 1 amide bonds. The lowest BCUT2D eigenvalue weighted by Gasteiger charge is -2.38. The van der Waals surface area contributed by atoms with E-state index in [1.807, 2.05) is 0 Å². The molecule has 0 aromatic heterocycles. The van der Waals surface area contributed by atoms with Gasteiger partial charge in [0.2, 0.25) is 5.54 Å². The summed E-state index contributed by atoms with van der Waals surface area (Å²) >= 11 is 0. The maximum Gasteiger partial charge on any atom is 0.427 e. The van der Waals surface area contributed by atoms with E-state index in [0.717, 1.165) is 0 Å². The van der Waals surface area contributed by atoms with Crippen molar-refractivity contribution in [2.24, 2.45) is 0 Å². The van der Waals surface area contributed by atoms with Crippen LogP contribution < -0.4 is 0 Å². The molecule has 0 aromatic carbocycles. The highest BCUT2D eigenvalue weighted by Gasteiger charge is 2.64. The Hall–Kier alpha value is -1.46. The van der Waals surface area contributed by atoms with Crippen LogP contribution in [0.15, 0.2) is 0 Å². The Kier molecular flexibility index (Phi) is 5.77. The van der Waals surface area contributed by atoms with Gasteiger partial charge in [-0.25, -0.2) is 14.0 Å². The highest BCUT2D eigenvalue weighted by atomic mass is 32.2. The molecule has 1 fully saturated rings. The standard InChI is InChI=1S/C14H24FNO8S/c1-12(2,3)23-10(17)14(8-22-7-9(14)15)16(25(19,20)21)11(18)24-13(4,5)6/h9H,7-8H2,1-6H3,(H,19,20,21)/i15-1. The van der Waals surface area contributed by atoms with Gasteiger partial charge in [-0.1, -0.05) is 0 Å². The minimum Gasteiger partial charge on any atom is -0.458 e. The van der Waals surface area contributed by atoms with Crippen molar-refractivity contribution in [1.82, 2.24) is 4.31 Å². The van der Waals surface area contributed by atoms with E-state index >= 15 is 0 Å². The SMILES string of the molecule is CC(C)(C)OC(=O)N(C1(C(=O)OC(C)(C)C)COCC1[18F])S(=O)(=O)O. The van der Waals surface area contributed by atoms with Gasteiger partial charge in [-0.05, 0) is 41.5 Å². The van der Waals surface area contributed by atoms with E-state index in [4.69, 9.17) is 14.2 Å². The molecule has 0 aliphatic carbocycles. The summed E-state index contributed by atoms with van der Waals surface area (Å²) in [4.78, 5) is 24.9. The zero-order valence-corrected chi connectivity index (χ0v) is 15.8. The third kappa shape index (κ3) is 5.02. The van der Waals surface area contributed by atoms with Crippen LogP contribution in [0.1, 0.15) is 41.5 Å². The van der Waals surface area contributed by atoms with Crippen molar-refractivity contribution in [1.29, 1.82) is 0 Å². The first-order chi connectivity index (χ1) is 11.0. The number of hydrogen-bond donors (Lipinski definition) is 1. The van der Waals surface area contributed by atoms with Crippen LogP contribution in [-0.2, 0) is 29.3 Å². The second-order valence-electron chi connectivity index (χ2n) is 7.63. The van der Waals surface area contributed by atoms with Gasteiger partial charge < -0.3 is 14.2 Å². The fraction of sp³-hybridized carbons (Fsp3) is 0.857. The van der Waals surface area contributed by atoms with E-state index < -0.39 is 58.5 Å². The summed E-state index contributed by atoms with van der Waals surface area (Å²) in [7, 11) is -5.37. The lowest BCUT2D eigenvalue weighted by molar-refractivity contribution is -0.169. The van der Waals surface area contributed by atoms with E-state index in [2.05, 4.69) is 0 Å². The van der Waals surface area contributed by atoms with E-state index in [1.54, 1.807) is 0 Å². The van der Waals surface area contributed by atoms with Crippen molar-refractivity contribution >= 4 is 22.4 Å². The summed E-state index contributed by atoms with van der Waals surface area (Å²) in [5.41, 5.74) is -4.99. The normalized spacial score (nSPS) is 24.7. The van der Waals surface area contributed by atoms with Crippen molar-refractivity contribution in [2.75, 3.05) is 13.2 Å². The number of ether oxygens (including phenoxy) is 3. The van der Waals surface area contributed by atoms with Crippen LogP contribution in [0.5, 0.6) is 0 Å². The average molecular weight is 384 g/mol. The molecule has 25 heavy (non-hydrogen) atoms. The number of hydrogen-bond acceptors (Lipinski definition) is 7. The maximum atomic E-state index is 14.6. The number of carbonyl (C=O) groups is 2. The van der Waals surface area contributed by atoms with Crippen molar-refractivity contribution in [3.05, 3.63) is 0 Å². The van der Waals surface area contributed by atoms with E-state index in [-0.39, 0.29) is 4.31 Å². The van der Waals surface area contributed by atoms with Crippen LogP contribution in [0.3, 0.4) is 0 Å². The number of alkyl halides is 1. The molecule has 1 aliphatic heterocycles. The molecule has 1 heterocycles. The summed E-state index contributed by atoms with van der Waals surface area (Å²) in [5, 5.41) is 0. The summed E-state index contributed by atoms with van der Waals surface area (Å²) in [6.07, 6.45) is -3.87. The van der Waals surface area contributed by atoms with Gasteiger partial charge in [-0.15, -0.1) is 0 Å². The van der Waals surface area contributed by atoms with Crippen LogP contribution >= 0.6 is 0 Å². The highest BCUT2D eigenvalue weighted by molar-refractivity contribution is 7.84. The summed E-state index contributed by atoms with van der Waals surface area (Å²) in [6.45, 7) is 7.27. The van der Waals surface area contributed by atoms with E-state index in [9.17, 15) is 27.0 Å². The monoisotopic (exact) mass is 384 g/mol. The van der Waals surface area contributed by atoms with Gasteiger partial charge in [0.1, 0.15) is 11.2 Å². The predicted octanol–water partition coefficient (Wildman–Crippen LogP) is 1.48. The minimum absolute atomic E-state index is 0.336. The Balaban J connectivity index is 3.47. The molecule has 0 bridgehead atoms. The third-order valence-electron chi connectivity index (χ3n) is 3.01. The van der Waals surface area contributed by atoms with Crippen molar-refractivity contribution < 1.29 is 41.2 Å². The Bertz CT molecular complexity index is 636. The molecular formula is C14H24FNO8S. The van der Waals surface area contributed by atoms with Gasteiger partial charge in [0.25, 0.3) is 0 Å². The number of amides is 1. The molecule has 0 aromatic rings. The fourth-order valence-corrected chi connectivity index (χ4v) is 3.01. The van der Waals surface area contributed by atoms with Crippen molar-refractivity contribution in [3.8, 4) is 0 Å². The zero-order chi connectivity index (χ0) is 19.8. The van der Waals surface area contributed by atoms with Crippen molar-refractivity contribution in [2.45, 2.75) is 64.5 Å². The summed E-state index contributed by atoms with van der Waals surface area (Å²) in [6, 6.07) is 0. The molecule has 146 valence electrons. The van der Waals surface area contributed by atoms with Gasteiger partial charge in [-0.3, -0.25) is 4.55 Å². The number of rotatable bonds is 3. The molecule has 1 rings (SSSR count). The topological polar surface area (TPSA) is 119 Å². The third-order valence-corrected chi connectivity index (χ3v) is 3.95. The Morgan fingerprint density at radius 3 is 1.96 bits per heavy atom. The van der Waals surface area contributed by atoms with Crippen molar-refractivity contribution in [3.63, 3.8) is 0 Å². The van der Waals surface area contributed by atoms with E-state index in [0.29, 0.717) is 0 Å². The number of carbonyl (C=O) groups excluding carboxylic acids is 2. The molecule has 9 nitrogen and oxygen atoms in total. The first-order valence-corrected chi connectivity index (χ1v) is 8.86. The zero-order valence-electron chi connectivity index (χ0n) is 15.0. The largest absolute Gasteiger partial charge is 0.458 e. The molecule has 2 atom stereocenters. The predicted molar refractivity (Wildman–Crippen MR) is 83.9 cm³/mol.